The number of ether oxygens (including phenoxy) is 1. The number of hydrogen-bond acceptors (Lipinski definition) is 7. The summed E-state index contributed by atoms with van der Waals surface area (Å²) < 4.78 is 33.6. The van der Waals surface area contributed by atoms with Crippen LogP contribution in [0.5, 0.6) is 0 Å². The molecule has 192 valence electrons. The molecule has 37 heavy (non-hydrogen) atoms. The Labute approximate surface area is 211 Å². The molecule has 1 amide bonds. The lowest BCUT2D eigenvalue weighted by Gasteiger charge is -2.55. The van der Waals surface area contributed by atoms with E-state index in [-0.39, 0.29) is 25.6 Å². The number of carbonyl (C=O) groups excluding carboxylic acids is 1. The van der Waals surface area contributed by atoms with E-state index in [0.717, 1.165) is 37.6 Å². The first-order chi connectivity index (χ1) is 17.8. The molecular formula is C25H26F2N8O2. The van der Waals surface area contributed by atoms with Crippen LogP contribution in [-0.2, 0) is 4.74 Å². The summed E-state index contributed by atoms with van der Waals surface area (Å²) in [5, 5.41) is 15.3. The minimum Gasteiger partial charge on any atom is -0.380 e. The molecule has 0 atom stereocenters. The van der Waals surface area contributed by atoms with Gasteiger partial charge < -0.3 is 15.0 Å². The summed E-state index contributed by atoms with van der Waals surface area (Å²) in [7, 11) is 0. The number of fused-ring (bicyclic) bond motifs is 1. The molecule has 5 heterocycles. The predicted octanol–water partition coefficient (Wildman–Crippen LogP) is 3.60. The maximum atomic E-state index is 13.3. The van der Waals surface area contributed by atoms with Crippen LogP contribution in [0.3, 0.4) is 0 Å². The quantitative estimate of drug-likeness (QED) is 0.439. The first kappa shape index (κ1) is 22.3. The highest BCUT2D eigenvalue weighted by atomic mass is 19.3. The number of anilines is 2. The third-order valence-electron chi connectivity index (χ3n) is 7.52. The molecule has 0 radical (unpaired) electrons. The van der Waals surface area contributed by atoms with Crippen LogP contribution in [0.15, 0.2) is 42.7 Å². The lowest BCUT2D eigenvalue weighted by Crippen LogP contribution is -2.66. The summed E-state index contributed by atoms with van der Waals surface area (Å²) in [4.78, 5) is 21.2. The highest BCUT2D eigenvalue weighted by Gasteiger charge is 2.49. The van der Waals surface area contributed by atoms with Crippen molar-refractivity contribution in [2.24, 2.45) is 5.41 Å². The van der Waals surface area contributed by atoms with Gasteiger partial charge in [0.2, 0.25) is 5.82 Å². The minimum absolute atomic E-state index is 0. The molecule has 1 saturated carbocycles. The van der Waals surface area contributed by atoms with E-state index in [1.165, 1.54) is 4.80 Å². The van der Waals surface area contributed by atoms with Crippen molar-refractivity contribution in [3.63, 3.8) is 0 Å². The smallest absolute Gasteiger partial charge is 0.274 e. The Hall–Kier alpha value is -3.93. The molecular weight excluding hydrogens is 482 g/mol. The molecule has 3 aliphatic rings. The van der Waals surface area contributed by atoms with Gasteiger partial charge in [0.1, 0.15) is 11.3 Å². The number of carbonyl (C=O) groups is 1. The van der Waals surface area contributed by atoms with Crippen molar-refractivity contribution in [1.82, 2.24) is 29.6 Å². The van der Waals surface area contributed by atoms with Crippen LogP contribution in [0.2, 0.25) is 0 Å². The molecule has 1 N–H and O–H groups in total. The molecule has 3 fully saturated rings. The number of halogens is 2. The number of amides is 1. The molecule has 3 aromatic heterocycles. The Morgan fingerprint density at radius 2 is 2.00 bits per heavy atom. The average molecular weight is 509 g/mol. The summed E-state index contributed by atoms with van der Waals surface area (Å²) in [6.07, 6.45) is 2.93. The maximum Gasteiger partial charge on any atom is 0.274 e. The fourth-order valence-electron chi connectivity index (χ4n) is 5.21. The number of imidazole rings is 1. The third kappa shape index (κ3) is 3.74. The molecule has 2 saturated heterocycles. The standard InChI is InChI=1S/C25H24F2N8O2.H2/c1-15-2-3-16(22-30-32-35(31-22)18-7-25(26,27)8-18)6-19(15)29-23(36)20-9-28-21-5-4-17(10-34(20)21)33-11-24(12-33)13-37-14-24;/h2-6,9-10,18H,7-8,11-14H2,1H3,(H,29,36);1H. The van der Waals surface area contributed by atoms with Crippen molar-refractivity contribution >= 4 is 22.9 Å². The summed E-state index contributed by atoms with van der Waals surface area (Å²) in [6.45, 7) is 5.40. The molecule has 0 unspecified atom stereocenters. The number of hydrogen-bond donors (Lipinski definition) is 1. The number of alkyl halides is 2. The third-order valence-corrected chi connectivity index (χ3v) is 7.52. The van der Waals surface area contributed by atoms with Crippen molar-refractivity contribution in [1.29, 1.82) is 0 Å². The fraction of sp³-hybridized carbons (Fsp3) is 0.400. The molecule has 2 aliphatic heterocycles. The van der Waals surface area contributed by atoms with Gasteiger partial charge in [-0.25, -0.2) is 13.8 Å². The first-order valence-electron chi connectivity index (χ1n) is 12.2. The van der Waals surface area contributed by atoms with Gasteiger partial charge in [-0.3, -0.25) is 9.20 Å². The lowest BCUT2D eigenvalue weighted by atomic mass is 9.78. The maximum absolute atomic E-state index is 13.3. The van der Waals surface area contributed by atoms with E-state index in [1.54, 1.807) is 16.7 Å². The number of nitrogens with one attached hydrogen (secondary N) is 1. The van der Waals surface area contributed by atoms with Crippen LogP contribution in [0.25, 0.3) is 17.0 Å². The molecule has 4 aromatic rings. The lowest BCUT2D eigenvalue weighted by molar-refractivity contribution is -0.127. The normalized spacial score (nSPS) is 19.9. The largest absolute Gasteiger partial charge is 0.380 e. The van der Waals surface area contributed by atoms with Crippen molar-refractivity contribution in [2.45, 2.75) is 31.7 Å². The second kappa shape index (κ2) is 7.78. The molecule has 12 heteroatoms. The van der Waals surface area contributed by atoms with Crippen molar-refractivity contribution in [3.05, 3.63) is 54.0 Å². The highest BCUT2D eigenvalue weighted by molar-refractivity contribution is 6.04. The van der Waals surface area contributed by atoms with Gasteiger partial charge in [0.05, 0.1) is 36.6 Å². The van der Waals surface area contributed by atoms with Crippen molar-refractivity contribution in [2.75, 3.05) is 36.5 Å². The Kier molecular flexibility index (Phi) is 4.69. The number of aryl methyl sites for hydroxylation is 1. The van der Waals surface area contributed by atoms with Crippen LogP contribution >= 0.6 is 0 Å². The Morgan fingerprint density at radius 3 is 2.73 bits per heavy atom. The second-order valence-electron chi connectivity index (χ2n) is 10.4. The van der Waals surface area contributed by atoms with E-state index in [9.17, 15) is 13.6 Å². The highest BCUT2D eigenvalue weighted by Crippen LogP contribution is 2.44. The van der Waals surface area contributed by atoms with Gasteiger partial charge >= 0.3 is 0 Å². The average Bonchev–Trinajstić information content (AvgIpc) is 3.44. The van der Waals surface area contributed by atoms with Crippen LogP contribution < -0.4 is 10.2 Å². The zero-order chi connectivity index (χ0) is 25.4. The van der Waals surface area contributed by atoms with Crippen LogP contribution in [0.4, 0.5) is 20.2 Å². The number of tetrazole rings is 1. The molecule has 1 aliphatic carbocycles. The van der Waals surface area contributed by atoms with E-state index in [2.05, 4.69) is 30.6 Å². The zero-order valence-electron chi connectivity index (χ0n) is 20.1. The predicted molar refractivity (Wildman–Crippen MR) is 132 cm³/mol. The van der Waals surface area contributed by atoms with Crippen LogP contribution in [-0.4, -0.2) is 67.7 Å². The molecule has 1 aromatic carbocycles. The van der Waals surface area contributed by atoms with Crippen molar-refractivity contribution in [3.8, 4) is 11.4 Å². The molecule has 7 rings (SSSR count). The van der Waals surface area contributed by atoms with Gasteiger partial charge in [0, 0.05) is 44.8 Å². The monoisotopic (exact) mass is 508 g/mol. The van der Waals surface area contributed by atoms with Gasteiger partial charge in [-0.15, -0.1) is 10.2 Å². The van der Waals surface area contributed by atoms with E-state index in [1.807, 2.05) is 37.4 Å². The van der Waals surface area contributed by atoms with E-state index < -0.39 is 12.0 Å². The van der Waals surface area contributed by atoms with Gasteiger partial charge in [0.15, 0.2) is 0 Å². The Balaban J connectivity index is 0.00000264. The van der Waals surface area contributed by atoms with Gasteiger partial charge in [0.25, 0.3) is 11.8 Å². The SMILES string of the molecule is Cc1ccc(-c2nnn(C3CC(F)(F)C3)n2)cc1NC(=O)c1cnc2ccc(N3CC4(COC4)C3)cn12.[HH]. The van der Waals surface area contributed by atoms with Crippen LogP contribution in [0.1, 0.15) is 36.4 Å². The zero-order valence-corrected chi connectivity index (χ0v) is 20.1. The number of rotatable bonds is 5. The topological polar surface area (TPSA) is 102 Å². The van der Waals surface area contributed by atoms with E-state index in [4.69, 9.17) is 4.74 Å². The first-order valence-corrected chi connectivity index (χ1v) is 12.2. The van der Waals surface area contributed by atoms with Gasteiger partial charge in [-0.1, -0.05) is 12.1 Å². The Bertz CT molecular complexity index is 1530. The number of nitrogens with zero attached hydrogens (tertiary/aromatic N) is 7. The van der Waals surface area contributed by atoms with Gasteiger partial charge in [-0.05, 0) is 35.9 Å². The fourth-order valence-corrected chi connectivity index (χ4v) is 5.21. The number of benzene rings is 1. The van der Waals surface area contributed by atoms with E-state index >= 15 is 0 Å². The number of aromatic nitrogens is 6. The van der Waals surface area contributed by atoms with Crippen molar-refractivity contribution < 1.29 is 19.7 Å². The molecule has 10 nitrogen and oxygen atoms in total. The number of pyridine rings is 1. The van der Waals surface area contributed by atoms with Gasteiger partial charge in [-0.2, -0.15) is 4.80 Å². The second-order valence-corrected chi connectivity index (χ2v) is 10.4. The molecule has 0 bridgehead atoms. The van der Waals surface area contributed by atoms with E-state index in [0.29, 0.717) is 28.4 Å². The summed E-state index contributed by atoms with van der Waals surface area (Å²) in [5.41, 5.74) is 4.50. The minimum atomic E-state index is -2.67. The molecule has 1 spiro atoms. The van der Waals surface area contributed by atoms with Crippen LogP contribution in [0, 0.1) is 12.3 Å². The summed E-state index contributed by atoms with van der Waals surface area (Å²) in [5.74, 6) is -2.65. The Morgan fingerprint density at radius 1 is 1.19 bits per heavy atom. The summed E-state index contributed by atoms with van der Waals surface area (Å²) >= 11 is 0. The summed E-state index contributed by atoms with van der Waals surface area (Å²) in [6, 6.07) is 8.90.